The maximum atomic E-state index is 12.2. The molecule has 21 heavy (non-hydrogen) atoms. The molecule has 0 aliphatic heterocycles. The Balaban J connectivity index is 2.07. The zero-order valence-corrected chi connectivity index (χ0v) is 13.2. The van der Waals surface area contributed by atoms with E-state index in [-0.39, 0.29) is 5.91 Å². The number of hydrogen-bond donors (Lipinski definition) is 2. The van der Waals surface area contributed by atoms with E-state index in [0.29, 0.717) is 33.9 Å². The first-order chi connectivity index (χ1) is 9.95. The monoisotopic (exact) mass is 305 g/mol. The van der Waals surface area contributed by atoms with Crippen LogP contribution in [0.25, 0.3) is 0 Å². The molecule has 2 aromatic rings. The molecule has 112 valence electrons. The van der Waals surface area contributed by atoms with Gasteiger partial charge in [-0.3, -0.25) is 4.79 Å². The Labute approximate surface area is 128 Å². The number of anilines is 2. The minimum absolute atomic E-state index is 0.206. The van der Waals surface area contributed by atoms with Gasteiger partial charge in [-0.1, -0.05) is 31.3 Å². The van der Waals surface area contributed by atoms with Gasteiger partial charge in [0.05, 0.1) is 12.3 Å². The molecule has 5 nitrogen and oxygen atoms in total. The van der Waals surface area contributed by atoms with Crippen LogP contribution in [0.3, 0.4) is 0 Å². The molecule has 0 aliphatic carbocycles. The summed E-state index contributed by atoms with van der Waals surface area (Å²) in [7, 11) is 0. The number of ether oxygens (including phenoxy) is 1. The van der Waals surface area contributed by atoms with E-state index in [9.17, 15) is 4.79 Å². The maximum Gasteiger partial charge on any atom is 0.267 e. The number of thiazole rings is 1. The van der Waals surface area contributed by atoms with Crippen molar-refractivity contribution in [1.82, 2.24) is 4.98 Å². The van der Waals surface area contributed by atoms with Gasteiger partial charge in [-0.05, 0) is 25.0 Å². The third kappa shape index (κ3) is 4.19. The number of rotatable bonds is 5. The first-order valence-corrected chi connectivity index (χ1v) is 7.54. The molecule has 0 spiro atoms. The molecule has 0 saturated carbocycles. The lowest BCUT2D eigenvalue weighted by atomic mass is 10.2. The van der Waals surface area contributed by atoms with E-state index in [4.69, 9.17) is 10.5 Å². The summed E-state index contributed by atoms with van der Waals surface area (Å²) in [6.45, 7) is 6.58. The molecule has 6 heteroatoms. The standard InChI is InChI=1S/C15H19N3O2S/c1-9(2)8-20-12-6-4-5-11(7-12)18-14(19)13-10(3)17-15(16)21-13/h4-7,9H,8H2,1-3H3,(H2,16,17)(H,18,19). The van der Waals surface area contributed by atoms with Gasteiger partial charge in [-0.2, -0.15) is 0 Å². The number of carbonyl (C=O) groups is 1. The summed E-state index contributed by atoms with van der Waals surface area (Å²) in [5, 5.41) is 3.23. The van der Waals surface area contributed by atoms with E-state index in [2.05, 4.69) is 24.1 Å². The van der Waals surface area contributed by atoms with Crippen molar-refractivity contribution in [3.63, 3.8) is 0 Å². The SMILES string of the molecule is Cc1nc(N)sc1C(=O)Nc1cccc(OCC(C)C)c1. The van der Waals surface area contributed by atoms with Crippen molar-refractivity contribution in [1.29, 1.82) is 0 Å². The number of hydrogen-bond acceptors (Lipinski definition) is 5. The van der Waals surface area contributed by atoms with Crippen LogP contribution < -0.4 is 15.8 Å². The summed E-state index contributed by atoms with van der Waals surface area (Å²) in [4.78, 5) is 16.8. The fourth-order valence-electron chi connectivity index (χ4n) is 1.74. The summed E-state index contributed by atoms with van der Waals surface area (Å²) in [6.07, 6.45) is 0. The number of nitrogen functional groups attached to an aromatic ring is 1. The molecule has 0 atom stereocenters. The lowest BCUT2D eigenvalue weighted by Gasteiger charge is -2.10. The van der Waals surface area contributed by atoms with E-state index >= 15 is 0 Å². The molecule has 0 fully saturated rings. The van der Waals surface area contributed by atoms with Gasteiger partial charge in [-0.15, -0.1) is 0 Å². The van der Waals surface area contributed by atoms with Crippen LogP contribution in [-0.4, -0.2) is 17.5 Å². The Morgan fingerprint density at radius 1 is 1.48 bits per heavy atom. The highest BCUT2D eigenvalue weighted by molar-refractivity contribution is 7.17. The Bertz CT molecular complexity index is 638. The number of aryl methyl sites for hydroxylation is 1. The van der Waals surface area contributed by atoms with E-state index in [1.54, 1.807) is 13.0 Å². The van der Waals surface area contributed by atoms with Crippen molar-refractivity contribution >= 4 is 28.1 Å². The van der Waals surface area contributed by atoms with Gasteiger partial charge in [0.15, 0.2) is 5.13 Å². The average Bonchev–Trinajstić information content (AvgIpc) is 2.76. The van der Waals surface area contributed by atoms with E-state index in [1.165, 1.54) is 11.3 Å². The van der Waals surface area contributed by atoms with Crippen molar-refractivity contribution in [3.05, 3.63) is 34.8 Å². The number of nitrogens with two attached hydrogens (primary N) is 1. The zero-order chi connectivity index (χ0) is 15.4. The van der Waals surface area contributed by atoms with Crippen molar-refractivity contribution in [2.75, 3.05) is 17.7 Å². The summed E-state index contributed by atoms with van der Waals surface area (Å²) < 4.78 is 5.64. The first kappa shape index (κ1) is 15.3. The van der Waals surface area contributed by atoms with Gasteiger partial charge >= 0.3 is 0 Å². The van der Waals surface area contributed by atoms with Crippen molar-refractivity contribution < 1.29 is 9.53 Å². The van der Waals surface area contributed by atoms with E-state index < -0.39 is 0 Å². The fourth-order valence-corrected chi connectivity index (χ4v) is 2.47. The molecule has 1 amide bonds. The molecular formula is C15H19N3O2S. The van der Waals surface area contributed by atoms with Crippen LogP contribution in [0.1, 0.15) is 29.2 Å². The smallest absolute Gasteiger partial charge is 0.267 e. The molecule has 1 aromatic heterocycles. The van der Waals surface area contributed by atoms with Crippen LogP contribution in [-0.2, 0) is 0 Å². The van der Waals surface area contributed by atoms with Crippen molar-refractivity contribution in [2.24, 2.45) is 5.92 Å². The first-order valence-electron chi connectivity index (χ1n) is 6.73. The highest BCUT2D eigenvalue weighted by atomic mass is 32.1. The Morgan fingerprint density at radius 2 is 2.24 bits per heavy atom. The average molecular weight is 305 g/mol. The van der Waals surface area contributed by atoms with Gasteiger partial charge in [0, 0.05) is 11.8 Å². The second-order valence-corrected chi connectivity index (χ2v) is 6.18. The quantitative estimate of drug-likeness (QED) is 0.888. The molecule has 1 heterocycles. The van der Waals surface area contributed by atoms with Gasteiger partial charge in [0.1, 0.15) is 10.6 Å². The Hall–Kier alpha value is -2.08. The fraction of sp³-hybridized carbons (Fsp3) is 0.333. The van der Waals surface area contributed by atoms with Crippen molar-refractivity contribution in [3.8, 4) is 5.75 Å². The predicted molar refractivity (Wildman–Crippen MR) is 86.0 cm³/mol. The zero-order valence-electron chi connectivity index (χ0n) is 12.3. The number of nitrogens with one attached hydrogen (secondary N) is 1. The molecule has 0 aliphatic rings. The molecule has 3 N–H and O–H groups in total. The van der Waals surface area contributed by atoms with Crippen LogP contribution >= 0.6 is 11.3 Å². The van der Waals surface area contributed by atoms with Crippen molar-refractivity contribution in [2.45, 2.75) is 20.8 Å². The molecule has 0 unspecified atom stereocenters. The lowest BCUT2D eigenvalue weighted by Crippen LogP contribution is -2.12. The van der Waals surface area contributed by atoms with Gasteiger partial charge in [0.25, 0.3) is 5.91 Å². The molecule has 0 saturated heterocycles. The second kappa shape index (κ2) is 6.58. The van der Waals surface area contributed by atoms with E-state index in [1.807, 2.05) is 18.2 Å². The van der Waals surface area contributed by atoms with Gasteiger partial charge < -0.3 is 15.8 Å². The normalized spacial score (nSPS) is 10.7. The summed E-state index contributed by atoms with van der Waals surface area (Å²) >= 11 is 1.18. The highest BCUT2D eigenvalue weighted by Crippen LogP contribution is 2.23. The number of aromatic nitrogens is 1. The molecular weight excluding hydrogens is 286 g/mol. The number of nitrogens with zero attached hydrogens (tertiary/aromatic N) is 1. The summed E-state index contributed by atoms with van der Waals surface area (Å²) in [5.74, 6) is 0.982. The third-order valence-corrected chi connectivity index (χ3v) is 3.68. The van der Waals surface area contributed by atoms with Crippen LogP contribution in [0.4, 0.5) is 10.8 Å². The maximum absolute atomic E-state index is 12.2. The molecule has 0 bridgehead atoms. The predicted octanol–water partition coefficient (Wildman–Crippen LogP) is 3.32. The lowest BCUT2D eigenvalue weighted by molar-refractivity contribution is 0.103. The van der Waals surface area contributed by atoms with Gasteiger partial charge in [0.2, 0.25) is 0 Å². The summed E-state index contributed by atoms with van der Waals surface area (Å²) in [5.41, 5.74) is 6.94. The van der Waals surface area contributed by atoms with Crippen LogP contribution in [0.5, 0.6) is 5.75 Å². The third-order valence-electron chi connectivity index (χ3n) is 2.69. The molecule has 1 aromatic carbocycles. The largest absolute Gasteiger partial charge is 0.493 e. The second-order valence-electron chi connectivity index (χ2n) is 5.15. The Morgan fingerprint density at radius 3 is 2.86 bits per heavy atom. The number of carbonyl (C=O) groups excluding carboxylic acids is 1. The summed E-state index contributed by atoms with van der Waals surface area (Å²) in [6, 6.07) is 7.34. The van der Waals surface area contributed by atoms with Crippen LogP contribution in [0.2, 0.25) is 0 Å². The molecule has 0 radical (unpaired) electrons. The Kier molecular flexibility index (Phi) is 4.80. The topological polar surface area (TPSA) is 77.2 Å². The van der Waals surface area contributed by atoms with E-state index in [0.717, 1.165) is 5.75 Å². The minimum atomic E-state index is -0.206. The molecule has 2 rings (SSSR count). The van der Waals surface area contributed by atoms with Crippen LogP contribution in [0, 0.1) is 12.8 Å². The highest BCUT2D eigenvalue weighted by Gasteiger charge is 2.14. The van der Waals surface area contributed by atoms with Crippen LogP contribution in [0.15, 0.2) is 24.3 Å². The number of benzene rings is 1. The number of amides is 1. The minimum Gasteiger partial charge on any atom is -0.493 e. The van der Waals surface area contributed by atoms with Gasteiger partial charge in [-0.25, -0.2) is 4.98 Å².